The lowest BCUT2D eigenvalue weighted by atomic mass is 10.2. The Kier molecular flexibility index (Phi) is 7.25. The summed E-state index contributed by atoms with van der Waals surface area (Å²) in [6.07, 6.45) is 4.34. The highest BCUT2D eigenvalue weighted by Crippen LogP contribution is 2.31. The van der Waals surface area contributed by atoms with Crippen molar-refractivity contribution in [3.05, 3.63) is 116 Å². The maximum atomic E-state index is 14.8. The molecule has 0 aliphatic carbocycles. The number of nitrogens with one attached hydrogen (secondary N) is 1. The van der Waals surface area contributed by atoms with Gasteiger partial charge in [-0.1, -0.05) is 0 Å². The van der Waals surface area contributed by atoms with Gasteiger partial charge in [0.15, 0.2) is 17.3 Å². The minimum absolute atomic E-state index is 0.103. The summed E-state index contributed by atoms with van der Waals surface area (Å²) < 4.78 is 35.7. The summed E-state index contributed by atoms with van der Waals surface area (Å²) in [6.45, 7) is 1.69. The molecule has 0 aliphatic heterocycles. The number of carbonyl (C=O) groups is 1. The predicted octanol–water partition coefficient (Wildman–Crippen LogP) is 5.56. The van der Waals surface area contributed by atoms with Gasteiger partial charge in [0, 0.05) is 33.8 Å². The molecule has 10 heteroatoms. The summed E-state index contributed by atoms with van der Waals surface area (Å²) in [6, 6.07) is 13.8. The van der Waals surface area contributed by atoms with Crippen LogP contribution in [0.4, 0.5) is 14.5 Å². The highest BCUT2D eigenvalue weighted by atomic mass is 79.9. The minimum atomic E-state index is -0.747. The SMILES string of the molecule is Cc1ccc(C(=O)Nc2ccc(Oc3cc(Br)cnc3C=CN)c(F)c2)c(=O)n1-c1ccc(F)cc1. The largest absolute Gasteiger partial charge is 0.452 e. The number of aromatic nitrogens is 2. The van der Waals surface area contributed by atoms with Crippen LogP contribution in [0.3, 0.4) is 0 Å². The van der Waals surface area contributed by atoms with E-state index in [0.717, 1.165) is 6.07 Å². The summed E-state index contributed by atoms with van der Waals surface area (Å²) in [5, 5.41) is 2.52. The van der Waals surface area contributed by atoms with Gasteiger partial charge < -0.3 is 15.8 Å². The second-order valence-electron chi connectivity index (χ2n) is 7.60. The monoisotopic (exact) mass is 552 g/mol. The van der Waals surface area contributed by atoms with E-state index >= 15 is 0 Å². The number of halogens is 3. The molecule has 0 atom stereocenters. The number of hydrogen-bond acceptors (Lipinski definition) is 5. The van der Waals surface area contributed by atoms with Crippen molar-refractivity contribution >= 4 is 33.6 Å². The van der Waals surface area contributed by atoms with Crippen molar-refractivity contribution in [1.29, 1.82) is 0 Å². The Balaban J connectivity index is 1.58. The fourth-order valence-electron chi connectivity index (χ4n) is 3.42. The number of nitrogens with two attached hydrogens (primary N) is 1. The van der Waals surface area contributed by atoms with Crippen LogP contribution < -0.4 is 21.3 Å². The van der Waals surface area contributed by atoms with Gasteiger partial charge in [-0.05, 0) is 89.7 Å². The zero-order valence-corrected chi connectivity index (χ0v) is 20.4. The molecule has 1 amide bonds. The van der Waals surface area contributed by atoms with Gasteiger partial charge in [0.1, 0.15) is 17.1 Å². The Morgan fingerprint density at radius 1 is 1.08 bits per heavy atom. The number of hydrogen-bond donors (Lipinski definition) is 2. The lowest BCUT2D eigenvalue weighted by Gasteiger charge is -2.13. The summed E-state index contributed by atoms with van der Waals surface area (Å²) in [4.78, 5) is 30.1. The normalized spacial score (nSPS) is 11.0. The van der Waals surface area contributed by atoms with Gasteiger partial charge in [-0.25, -0.2) is 8.78 Å². The second kappa shape index (κ2) is 10.5. The van der Waals surface area contributed by atoms with Crippen LogP contribution in [0.5, 0.6) is 11.5 Å². The fraction of sp³-hybridized carbons (Fsp3) is 0.0385. The second-order valence-corrected chi connectivity index (χ2v) is 8.52. The topological polar surface area (TPSA) is 99.2 Å². The average molecular weight is 553 g/mol. The molecule has 0 aliphatic rings. The number of rotatable bonds is 6. The molecule has 2 aromatic heterocycles. The predicted molar refractivity (Wildman–Crippen MR) is 136 cm³/mol. The Bertz CT molecular complexity index is 1540. The number of anilines is 1. The number of carbonyl (C=O) groups excluding carboxylic acids is 1. The first-order valence-corrected chi connectivity index (χ1v) is 11.4. The molecule has 0 bridgehead atoms. The molecule has 3 N–H and O–H groups in total. The van der Waals surface area contributed by atoms with E-state index in [1.807, 2.05) is 0 Å². The Morgan fingerprint density at radius 2 is 1.83 bits per heavy atom. The third kappa shape index (κ3) is 5.33. The average Bonchev–Trinajstić information content (AvgIpc) is 2.84. The number of amides is 1. The Labute approximate surface area is 213 Å². The molecule has 4 aromatic rings. The quantitative estimate of drug-likeness (QED) is 0.326. The first-order chi connectivity index (χ1) is 17.3. The van der Waals surface area contributed by atoms with Crippen molar-refractivity contribution in [3.63, 3.8) is 0 Å². The molecule has 0 spiro atoms. The van der Waals surface area contributed by atoms with E-state index in [-0.39, 0.29) is 22.7 Å². The van der Waals surface area contributed by atoms with Gasteiger partial charge in [-0.15, -0.1) is 0 Å². The number of nitrogens with zero attached hydrogens (tertiary/aromatic N) is 2. The van der Waals surface area contributed by atoms with E-state index in [1.165, 1.54) is 59.3 Å². The molecule has 0 saturated carbocycles. The molecule has 0 radical (unpaired) electrons. The minimum Gasteiger partial charge on any atom is -0.452 e. The van der Waals surface area contributed by atoms with Crippen LogP contribution in [0.25, 0.3) is 11.8 Å². The van der Waals surface area contributed by atoms with E-state index in [9.17, 15) is 18.4 Å². The number of benzene rings is 2. The fourth-order valence-corrected chi connectivity index (χ4v) is 3.73. The molecule has 2 aromatic carbocycles. The van der Waals surface area contributed by atoms with Crippen molar-refractivity contribution in [3.8, 4) is 17.2 Å². The van der Waals surface area contributed by atoms with Gasteiger partial charge in [0.2, 0.25) is 0 Å². The van der Waals surface area contributed by atoms with Crippen LogP contribution in [0.1, 0.15) is 21.7 Å². The summed E-state index contributed by atoms with van der Waals surface area (Å²) in [5.74, 6) is -1.76. The number of aryl methyl sites for hydroxylation is 1. The van der Waals surface area contributed by atoms with Crippen molar-refractivity contribution in [2.24, 2.45) is 5.73 Å². The molecule has 36 heavy (non-hydrogen) atoms. The maximum absolute atomic E-state index is 14.8. The molecule has 0 fully saturated rings. The van der Waals surface area contributed by atoms with E-state index in [2.05, 4.69) is 26.2 Å². The van der Waals surface area contributed by atoms with Gasteiger partial charge in [0.25, 0.3) is 11.5 Å². The van der Waals surface area contributed by atoms with Crippen molar-refractivity contribution in [2.45, 2.75) is 6.92 Å². The molecular formula is C26H19BrF2N4O3. The Hall–Kier alpha value is -4.31. The maximum Gasteiger partial charge on any atom is 0.268 e. The molecule has 2 heterocycles. The highest BCUT2D eigenvalue weighted by molar-refractivity contribution is 9.10. The summed E-state index contributed by atoms with van der Waals surface area (Å²) >= 11 is 3.29. The molecule has 0 saturated heterocycles. The highest BCUT2D eigenvalue weighted by Gasteiger charge is 2.17. The van der Waals surface area contributed by atoms with Gasteiger partial charge >= 0.3 is 0 Å². The third-order valence-electron chi connectivity index (χ3n) is 5.12. The van der Waals surface area contributed by atoms with Crippen LogP contribution in [-0.4, -0.2) is 15.5 Å². The zero-order valence-electron chi connectivity index (χ0n) is 18.8. The Morgan fingerprint density at radius 3 is 2.53 bits per heavy atom. The van der Waals surface area contributed by atoms with Gasteiger partial charge in [0.05, 0.1) is 0 Å². The van der Waals surface area contributed by atoms with Crippen LogP contribution in [-0.2, 0) is 0 Å². The van der Waals surface area contributed by atoms with E-state index in [1.54, 1.807) is 25.3 Å². The van der Waals surface area contributed by atoms with Crippen molar-refractivity contribution in [2.75, 3.05) is 5.32 Å². The summed E-state index contributed by atoms with van der Waals surface area (Å²) in [7, 11) is 0. The molecule has 7 nitrogen and oxygen atoms in total. The smallest absolute Gasteiger partial charge is 0.268 e. The van der Waals surface area contributed by atoms with Gasteiger partial charge in [-0.3, -0.25) is 19.1 Å². The molecular weight excluding hydrogens is 534 g/mol. The first kappa shape index (κ1) is 24.8. The number of pyridine rings is 2. The molecule has 182 valence electrons. The summed E-state index contributed by atoms with van der Waals surface area (Å²) in [5.41, 5.74) is 6.16. The van der Waals surface area contributed by atoms with Crippen molar-refractivity contribution in [1.82, 2.24) is 9.55 Å². The lowest BCUT2D eigenvalue weighted by molar-refractivity contribution is 0.102. The first-order valence-electron chi connectivity index (χ1n) is 10.6. The zero-order chi connectivity index (χ0) is 25.8. The van der Waals surface area contributed by atoms with Crippen LogP contribution >= 0.6 is 15.9 Å². The van der Waals surface area contributed by atoms with E-state index in [0.29, 0.717) is 21.5 Å². The third-order valence-corrected chi connectivity index (χ3v) is 5.55. The van der Waals surface area contributed by atoms with Crippen LogP contribution in [0, 0.1) is 18.6 Å². The van der Waals surface area contributed by atoms with E-state index < -0.39 is 23.1 Å². The molecule has 4 rings (SSSR count). The van der Waals surface area contributed by atoms with Gasteiger partial charge in [-0.2, -0.15) is 0 Å². The number of ether oxygens (including phenoxy) is 1. The standard InChI is InChI=1S/C26H19BrF2N4O3/c1-15-2-8-20(26(35)33(15)19-6-3-17(28)4-7-19)25(34)32-18-5-9-23(21(29)13-18)36-24-12-16(27)14-31-22(24)10-11-30/h2-14H,30H2,1H3,(H,32,34). The van der Waals surface area contributed by atoms with Crippen molar-refractivity contribution < 1.29 is 18.3 Å². The van der Waals surface area contributed by atoms with Crippen LogP contribution in [0.2, 0.25) is 0 Å². The molecule has 0 unspecified atom stereocenters. The van der Waals surface area contributed by atoms with E-state index in [4.69, 9.17) is 10.5 Å². The lowest BCUT2D eigenvalue weighted by Crippen LogP contribution is -2.29. The van der Waals surface area contributed by atoms with Crippen LogP contribution in [0.15, 0.2) is 82.3 Å².